The van der Waals surface area contributed by atoms with Gasteiger partial charge in [-0.05, 0) is 42.5 Å². The van der Waals surface area contributed by atoms with Crippen LogP contribution in [0, 0.1) is 0 Å². The van der Waals surface area contributed by atoms with Gasteiger partial charge in [0.25, 0.3) is 5.91 Å². The molecule has 0 bridgehead atoms. The third-order valence-electron chi connectivity index (χ3n) is 3.56. The second-order valence-corrected chi connectivity index (χ2v) is 6.28. The molecular formula is C17H10ClN3OS. The maximum absolute atomic E-state index is 12.5. The first-order chi connectivity index (χ1) is 11.2. The SMILES string of the molecule is O=C(Nc1ccc(Cl)c2ncccc12)c1ccc2ncsc2c1. The van der Waals surface area contributed by atoms with E-state index in [-0.39, 0.29) is 5.91 Å². The number of carbonyl (C=O) groups is 1. The first kappa shape index (κ1) is 14.1. The van der Waals surface area contributed by atoms with Crippen molar-refractivity contribution in [1.29, 1.82) is 0 Å². The lowest BCUT2D eigenvalue weighted by atomic mass is 10.1. The van der Waals surface area contributed by atoms with Gasteiger partial charge in [0.15, 0.2) is 0 Å². The van der Waals surface area contributed by atoms with E-state index in [1.54, 1.807) is 29.9 Å². The van der Waals surface area contributed by atoms with Crippen molar-refractivity contribution in [1.82, 2.24) is 9.97 Å². The fourth-order valence-electron chi connectivity index (χ4n) is 2.44. The van der Waals surface area contributed by atoms with Crippen LogP contribution in [0.2, 0.25) is 5.02 Å². The highest BCUT2D eigenvalue weighted by atomic mass is 35.5. The molecular weight excluding hydrogens is 330 g/mol. The van der Waals surface area contributed by atoms with E-state index in [0.717, 1.165) is 15.6 Å². The standard InChI is InChI=1S/C17H10ClN3OS/c18-12-4-6-13(11-2-1-7-19-16(11)12)21-17(22)10-3-5-14-15(8-10)23-9-20-14/h1-9H,(H,21,22). The predicted molar refractivity (Wildman–Crippen MR) is 94.3 cm³/mol. The quantitative estimate of drug-likeness (QED) is 0.573. The maximum Gasteiger partial charge on any atom is 0.255 e. The van der Waals surface area contributed by atoms with Crippen molar-refractivity contribution in [3.8, 4) is 0 Å². The number of fused-ring (bicyclic) bond motifs is 2. The molecule has 6 heteroatoms. The Bertz CT molecular complexity index is 1040. The molecule has 1 N–H and O–H groups in total. The van der Waals surface area contributed by atoms with Crippen LogP contribution in [0.25, 0.3) is 21.1 Å². The minimum atomic E-state index is -0.173. The molecule has 0 radical (unpaired) electrons. The lowest BCUT2D eigenvalue weighted by molar-refractivity contribution is 0.102. The van der Waals surface area contributed by atoms with Gasteiger partial charge in [-0.25, -0.2) is 4.98 Å². The lowest BCUT2D eigenvalue weighted by Crippen LogP contribution is -2.12. The zero-order valence-corrected chi connectivity index (χ0v) is 13.4. The van der Waals surface area contributed by atoms with Gasteiger partial charge in [-0.2, -0.15) is 0 Å². The van der Waals surface area contributed by atoms with Crippen molar-refractivity contribution >= 4 is 55.7 Å². The van der Waals surface area contributed by atoms with E-state index in [4.69, 9.17) is 11.6 Å². The summed E-state index contributed by atoms with van der Waals surface area (Å²) in [5, 5.41) is 4.30. The van der Waals surface area contributed by atoms with Crippen LogP contribution in [0.15, 0.2) is 54.2 Å². The first-order valence-corrected chi connectivity index (χ1v) is 8.16. The lowest BCUT2D eigenvalue weighted by Gasteiger charge is -2.09. The average molecular weight is 340 g/mol. The molecule has 0 saturated heterocycles. The van der Waals surface area contributed by atoms with Gasteiger partial charge in [-0.1, -0.05) is 11.6 Å². The Morgan fingerprint density at radius 1 is 1.13 bits per heavy atom. The third kappa shape index (κ3) is 2.54. The van der Waals surface area contributed by atoms with Gasteiger partial charge in [0.1, 0.15) is 0 Å². The van der Waals surface area contributed by atoms with Crippen LogP contribution in [0.4, 0.5) is 5.69 Å². The molecule has 1 amide bonds. The second kappa shape index (κ2) is 5.61. The van der Waals surface area contributed by atoms with Crippen molar-refractivity contribution in [3.63, 3.8) is 0 Å². The number of aromatic nitrogens is 2. The average Bonchev–Trinajstić information content (AvgIpc) is 3.05. The zero-order chi connectivity index (χ0) is 15.8. The number of hydrogen-bond donors (Lipinski definition) is 1. The normalized spacial score (nSPS) is 11.0. The van der Waals surface area contributed by atoms with E-state index < -0.39 is 0 Å². The van der Waals surface area contributed by atoms with Gasteiger partial charge < -0.3 is 5.32 Å². The molecule has 112 valence electrons. The smallest absolute Gasteiger partial charge is 0.255 e. The summed E-state index contributed by atoms with van der Waals surface area (Å²) in [6.07, 6.45) is 1.68. The summed E-state index contributed by atoms with van der Waals surface area (Å²) >= 11 is 7.67. The maximum atomic E-state index is 12.5. The number of halogens is 1. The second-order valence-electron chi connectivity index (χ2n) is 4.98. The Hall–Kier alpha value is -2.50. The van der Waals surface area contributed by atoms with Crippen LogP contribution < -0.4 is 5.32 Å². The first-order valence-electron chi connectivity index (χ1n) is 6.90. The highest BCUT2D eigenvalue weighted by Crippen LogP contribution is 2.28. The Kier molecular flexibility index (Phi) is 3.44. The fraction of sp³-hybridized carbons (Fsp3) is 0. The Balaban J connectivity index is 1.72. The summed E-state index contributed by atoms with van der Waals surface area (Å²) in [5.41, 5.74) is 4.61. The van der Waals surface area contributed by atoms with E-state index >= 15 is 0 Å². The number of hydrogen-bond acceptors (Lipinski definition) is 4. The van der Waals surface area contributed by atoms with E-state index in [0.29, 0.717) is 21.8 Å². The molecule has 2 heterocycles. The van der Waals surface area contributed by atoms with Gasteiger partial charge in [0, 0.05) is 17.1 Å². The highest BCUT2D eigenvalue weighted by Gasteiger charge is 2.11. The molecule has 4 nitrogen and oxygen atoms in total. The molecule has 4 aromatic rings. The number of nitrogens with one attached hydrogen (secondary N) is 1. The number of rotatable bonds is 2. The Morgan fingerprint density at radius 3 is 2.96 bits per heavy atom. The number of benzene rings is 2. The summed E-state index contributed by atoms with van der Waals surface area (Å²) < 4.78 is 0.986. The highest BCUT2D eigenvalue weighted by molar-refractivity contribution is 7.16. The van der Waals surface area contributed by atoms with E-state index in [2.05, 4.69) is 15.3 Å². The van der Waals surface area contributed by atoms with Crippen molar-refractivity contribution in [2.45, 2.75) is 0 Å². The van der Waals surface area contributed by atoms with Crippen molar-refractivity contribution in [2.24, 2.45) is 0 Å². The molecule has 0 fully saturated rings. The van der Waals surface area contributed by atoms with Gasteiger partial charge in [-0.3, -0.25) is 9.78 Å². The van der Waals surface area contributed by atoms with Gasteiger partial charge >= 0.3 is 0 Å². The number of carbonyl (C=O) groups excluding carboxylic acids is 1. The number of nitrogens with zero attached hydrogens (tertiary/aromatic N) is 2. The molecule has 0 aliphatic heterocycles. The molecule has 0 aliphatic carbocycles. The molecule has 0 aliphatic rings. The van der Waals surface area contributed by atoms with Gasteiger partial charge in [0.05, 0.1) is 32.0 Å². The van der Waals surface area contributed by atoms with E-state index in [9.17, 15) is 4.79 Å². The number of anilines is 1. The molecule has 0 atom stereocenters. The third-order valence-corrected chi connectivity index (χ3v) is 4.66. The zero-order valence-electron chi connectivity index (χ0n) is 11.8. The molecule has 0 saturated carbocycles. The minimum Gasteiger partial charge on any atom is -0.321 e. The van der Waals surface area contributed by atoms with Crippen molar-refractivity contribution < 1.29 is 4.79 Å². The van der Waals surface area contributed by atoms with Crippen LogP contribution in [-0.2, 0) is 0 Å². The summed E-state index contributed by atoms with van der Waals surface area (Å²) in [7, 11) is 0. The largest absolute Gasteiger partial charge is 0.321 e. The van der Waals surface area contributed by atoms with Crippen LogP contribution in [0.1, 0.15) is 10.4 Å². The number of amides is 1. The Labute approximate surface area is 140 Å². The van der Waals surface area contributed by atoms with Crippen molar-refractivity contribution in [2.75, 3.05) is 5.32 Å². The predicted octanol–water partition coefficient (Wildman–Crippen LogP) is 4.75. The number of pyridine rings is 1. The number of thiazole rings is 1. The van der Waals surface area contributed by atoms with Crippen LogP contribution >= 0.6 is 22.9 Å². The molecule has 0 unspecified atom stereocenters. The van der Waals surface area contributed by atoms with Crippen LogP contribution in [-0.4, -0.2) is 15.9 Å². The molecule has 2 aromatic carbocycles. The van der Waals surface area contributed by atoms with Crippen LogP contribution in [0.5, 0.6) is 0 Å². The molecule has 0 spiro atoms. The monoisotopic (exact) mass is 339 g/mol. The summed E-state index contributed by atoms with van der Waals surface area (Å²) in [6, 6.07) is 12.7. The van der Waals surface area contributed by atoms with Crippen molar-refractivity contribution in [3.05, 3.63) is 64.8 Å². The summed E-state index contributed by atoms with van der Waals surface area (Å²) in [5.74, 6) is -0.173. The molecule has 4 rings (SSSR count). The van der Waals surface area contributed by atoms with E-state index in [1.807, 2.05) is 24.3 Å². The van der Waals surface area contributed by atoms with Gasteiger partial charge in [0.2, 0.25) is 0 Å². The molecule has 23 heavy (non-hydrogen) atoms. The van der Waals surface area contributed by atoms with E-state index in [1.165, 1.54) is 11.3 Å². The summed E-state index contributed by atoms with van der Waals surface area (Å²) in [6.45, 7) is 0. The Morgan fingerprint density at radius 2 is 2.04 bits per heavy atom. The molecule has 2 aromatic heterocycles. The fourth-order valence-corrected chi connectivity index (χ4v) is 3.37. The van der Waals surface area contributed by atoms with Gasteiger partial charge in [-0.15, -0.1) is 11.3 Å². The minimum absolute atomic E-state index is 0.173. The van der Waals surface area contributed by atoms with Crippen LogP contribution in [0.3, 0.4) is 0 Å². The topological polar surface area (TPSA) is 54.9 Å². The summed E-state index contributed by atoms with van der Waals surface area (Å²) in [4.78, 5) is 21.0.